The number of H-pyrrole nitrogens is 1. The highest BCUT2D eigenvalue weighted by Crippen LogP contribution is 2.16. The van der Waals surface area contributed by atoms with Crippen LogP contribution in [0.25, 0.3) is 0 Å². The molecule has 2 aromatic heterocycles. The molecule has 4 rings (SSSR count). The van der Waals surface area contributed by atoms with Gasteiger partial charge in [0.2, 0.25) is 0 Å². The van der Waals surface area contributed by atoms with E-state index in [0.29, 0.717) is 36.8 Å². The van der Waals surface area contributed by atoms with Gasteiger partial charge in [0.1, 0.15) is 17.7 Å². The van der Waals surface area contributed by atoms with Crippen LogP contribution in [0.2, 0.25) is 5.02 Å². The van der Waals surface area contributed by atoms with E-state index < -0.39 is 17.2 Å². The lowest BCUT2D eigenvalue weighted by molar-refractivity contribution is 0.0743. The maximum Gasteiger partial charge on any atom is 0.328 e. The molecule has 3 heterocycles. The Kier molecular flexibility index (Phi) is 5.85. The van der Waals surface area contributed by atoms with E-state index in [4.69, 9.17) is 11.6 Å². The molecule has 0 atom stereocenters. The van der Waals surface area contributed by atoms with Crippen molar-refractivity contribution in [2.24, 2.45) is 0 Å². The van der Waals surface area contributed by atoms with Crippen molar-refractivity contribution in [2.45, 2.75) is 13.5 Å². The molecule has 1 aliphatic rings. The van der Waals surface area contributed by atoms with Crippen LogP contribution in [-0.4, -0.2) is 56.5 Å². The van der Waals surface area contributed by atoms with E-state index in [1.165, 1.54) is 12.5 Å². The molecule has 1 aliphatic heterocycles. The van der Waals surface area contributed by atoms with E-state index in [-0.39, 0.29) is 12.1 Å². The van der Waals surface area contributed by atoms with Crippen molar-refractivity contribution in [3.05, 3.63) is 85.5 Å². The molecule has 10 heteroatoms. The minimum atomic E-state index is -0.637. The highest BCUT2D eigenvalue weighted by Gasteiger charge is 2.26. The van der Waals surface area contributed by atoms with E-state index >= 15 is 0 Å². The first-order valence-electron chi connectivity index (χ1n) is 9.83. The molecule has 9 nitrogen and oxygen atoms in total. The zero-order valence-corrected chi connectivity index (χ0v) is 17.7. The van der Waals surface area contributed by atoms with Crippen molar-refractivity contribution in [1.29, 1.82) is 0 Å². The Hall–Kier alpha value is -3.46. The number of rotatable bonds is 4. The number of nitrogens with one attached hydrogen (secondary N) is 1. The Balaban J connectivity index is 1.52. The Morgan fingerprint density at radius 2 is 1.87 bits per heavy atom. The highest BCUT2D eigenvalue weighted by molar-refractivity contribution is 6.31. The monoisotopic (exact) mass is 440 g/mol. The first-order chi connectivity index (χ1) is 14.9. The number of aromatic amines is 1. The van der Waals surface area contributed by atoms with Crippen LogP contribution >= 0.6 is 11.6 Å². The number of halogens is 1. The third kappa shape index (κ3) is 4.36. The summed E-state index contributed by atoms with van der Waals surface area (Å²) in [5.41, 5.74) is 0.192. The molecule has 0 unspecified atom stereocenters. The lowest BCUT2D eigenvalue weighted by Gasteiger charge is -2.35. The van der Waals surface area contributed by atoms with Gasteiger partial charge in [-0.15, -0.1) is 0 Å². The molecule has 1 saturated heterocycles. The van der Waals surface area contributed by atoms with E-state index in [1.807, 2.05) is 13.0 Å². The Morgan fingerprint density at radius 3 is 2.58 bits per heavy atom. The van der Waals surface area contributed by atoms with Crippen LogP contribution in [0.4, 0.5) is 5.82 Å². The number of nitrogens with zero attached hydrogens (tertiary/aromatic N) is 5. The summed E-state index contributed by atoms with van der Waals surface area (Å²) in [5.74, 6) is 0.401. The number of piperazine rings is 1. The Labute approximate surface area is 182 Å². The van der Waals surface area contributed by atoms with E-state index in [9.17, 15) is 14.4 Å². The van der Waals surface area contributed by atoms with Crippen LogP contribution < -0.4 is 16.1 Å². The number of carbonyl (C=O) groups is 1. The third-order valence-electron chi connectivity index (χ3n) is 5.26. The summed E-state index contributed by atoms with van der Waals surface area (Å²) < 4.78 is 0.994. The fourth-order valence-electron chi connectivity index (χ4n) is 3.53. The number of aromatic nitrogens is 4. The van der Waals surface area contributed by atoms with Gasteiger partial charge in [-0.2, -0.15) is 0 Å². The topological polar surface area (TPSA) is 104 Å². The molecular formula is C21H21ClN6O3. The van der Waals surface area contributed by atoms with Crippen LogP contribution in [0.3, 0.4) is 0 Å². The van der Waals surface area contributed by atoms with Gasteiger partial charge in [0.25, 0.3) is 11.5 Å². The van der Waals surface area contributed by atoms with Crippen molar-refractivity contribution < 1.29 is 4.79 Å². The first kappa shape index (κ1) is 20.8. The van der Waals surface area contributed by atoms with Gasteiger partial charge in [-0.3, -0.25) is 14.2 Å². The van der Waals surface area contributed by atoms with Crippen LogP contribution in [-0.2, 0) is 6.54 Å². The smallest absolute Gasteiger partial charge is 0.328 e. The summed E-state index contributed by atoms with van der Waals surface area (Å²) in [6, 6.07) is 8.85. The van der Waals surface area contributed by atoms with Crippen molar-refractivity contribution in [2.75, 3.05) is 31.1 Å². The van der Waals surface area contributed by atoms with Crippen LogP contribution in [0.15, 0.2) is 52.4 Å². The second-order valence-electron chi connectivity index (χ2n) is 7.29. The zero-order chi connectivity index (χ0) is 22.0. The van der Waals surface area contributed by atoms with Gasteiger partial charge in [0.15, 0.2) is 0 Å². The second kappa shape index (κ2) is 8.73. The van der Waals surface area contributed by atoms with Crippen molar-refractivity contribution in [3.63, 3.8) is 0 Å². The van der Waals surface area contributed by atoms with E-state index in [2.05, 4.69) is 19.9 Å². The molecular weight excluding hydrogens is 420 g/mol. The standard InChI is InChI=1S/C21H21ClN6O3/c1-14-10-18(25-13-24-14)26-6-8-27(9-7-26)19(29)16-11-23-21(31)28(20(16)30)12-15-4-2-3-5-17(15)22/h2-5,10-11,13H,6-9,12H2,1H3,(H,23,31). The summed E-state index contributed by atoms with van der Waals surface area (Å²) in [5, 5.41) is 0.446. The van der Waals surface area contributed by atoms with Gasteiger partial charge in [-0.25, -0.2) is 14.8 Å². The van der Waals surface area contributed by atoms with Gasteiger partial charge >= 0.3 is 5.69 Å². The predicted molar refractivity (Wildman–Crippen MR) is 117 cm³/mol. The molecule has 1 amide bonds. The minimum Gasteiger partial charge on any atom is -0.353 e. The number of hydrogen-bond donors (Lipinski definition) is 1. The molecule has 160 valence electrons. The first-order valence-corrected chi connectivity index (χ1v) is 10.2. The lowest BCUT2D eigenvalue weighted by Crippen LogP contribution is -2.51. The average Bonchev–Trinajstić information content (AvgIpc) is 2.77. The fourth-order valence-corrected chi connectivity index (χ4v) is 3.72. The van der Waals surface area contributed by atoms with Gasteiger partial charge in [0.05, 0.1) is 6.54 Å². The van der Waals surface area contributed by atoms with Crippen molar-refractivity contribution in [3.8, 4) is 0 Å². The third-order valence-corrected chi connectivity index (χ3v) is 5.63. The molecule has 1 N–H and O–H groups in total. The maximum atomic E-state index is 13.0. The van der Waals surface area contributed by atoms with Crippen LogP contribution in [0, 0.1) is 6.92 Å². The molecule has 3 aromatic rings. The molecule has 0 aliphatic carbocycles. The quantitative estimate of drug-likeness (QED) is 0.655. The van der Waals surface area contributed by atoms with Gasteiger partial charge in [0, 0.05) is 49.2 Å². The molecule has 0 spiro atoms. The predicted octanol–water partition coefficient (Wildman–Crippen LogP) is 1.30. The highest BCUT2D eigenvalue weighted by atomic mass is 35.5. The normalized spacial score (nSPS) is 14.0. The van der Waals surface area contributed by atoms with Crippen molar-refractivity contribution >= 4 is 23.3 Å². The summed E-state index contributed by atoms with van der Waals surface area (Å²) in [4.78, 5) is 52.8. The molecule has 31 heavy (non-hydrogen) atoms. The van der Waals surface area contributed by atoms with Gasteiger partial charge < -0.3 is 14.8 Å². The largest absolute Gasteiger partial charge is 0.353 e. The summed E-state index contributed by atoms with van der Waals surface area (Å²) in [6.07, 6.45) is 2.71. The Morgan fingerprint density at radius 1 is 1.13 bits per heavy atom. The summed E-state index contributed by atoms with van der Waals surface area (Å²) in [6.45, 7) is 3.92. The maximum absolute atomic E-state index is 13.0. The zero-order valence-electron chi connectivity index (χ0n) is 16.9. The van der Waals surface area contributed by atoms with Crippen LogP contribution in [0.1, 0.15) is 21.6 Å². The van der Waals surface area contributed by atoms with E-state index in [1.54, 1.807) is 29.2 Å². The van der Waals surface area contributed by atoms with Gasteiger partial charge in [-0.1, -0.05) is 29.8 Å². The SMILES string of the molecule is Cc1cc(N2CCN(C(=O)c3c[nH]c(=O)n(Cc4ccccc4Cl)c3=O)CC2)ncn1. The number of hydrogen-bond acceptors (Lipinski definition) is 6. The van der Waals surface area contributed by atoms with Gasteiger partial charge in [-0.05, 0) is 18.6 Å². The van der Waals surface area contributed by atoms with E-state index in [0.717, 1.165) is 16.1 Å². The minimum absolute atomic E-state index is 0.0181. The average molecular weight is 441 g/mol. The lowest BCUT2D eigenvalue weighted by atomic mass is 10.2. The molecule has 0 bridgehead atoms. The summed E-state index contributed by atoms with van der Waals surface area (Å²) >= 11 is 6.16. The number of amides is 1. The fraction of sp³-hybridized carbons (Fsp3) is 0.286. The second-order valence-corrected chi connectivity index (χ2v) is 7.69. The summed E-state index contributed by atoms with van der Waals surface area (Å²) in [7, 11) is 0. The molecule has 1 aromatic carbocycles. The molecule has 0 radical (unpaired) electrons. The molecule has 1 fully saturated rings. The number of benzene rings is 1. The number of carbonyl (C=O) groups excluding carboxylic acids is 1. The van der Waals surface area contributed by atoms with Crippen LogP contribution in [0.5, 0.6) is 0 Å². The molecule has 0 saturated carbocycles. The number of anilines is 1. The number of aryl methyl sites for hydroxylation is 1. The van der Waals surface area contributed by atoms with Crippen molar-refractivity contribution in [1.82, 2.24) is 24.4 Å². The Bertz CT molecular complexity index is 1230.